The van der Waals surface area contributed by atoms with Gasteiger partial charge in [-0.05, 0) is 37.1 Å². The fourth-order valence-corrected chi connectivity index (χ4v) is 3.36. The van der Waals surface area contributed by atoms with Gasteiger partial charge in [0.1, 0.15) is 11.1 Å². The molecule has 146 valence electrons. The zero-order valence-corrected chi connectivity index (χ0v) is 15.9. The average molecular weight is 389 g/mol. The number of pyridine rings is 1. The quantitative estimate of drug-likeness (QED) is 0.385. The Morgan fingerprint density at radius 2 is 1.72 bits per heavy atom. The molecule has 0 aliphatic rings. The lowest BCUT2D eigenvalue weighted by molar-refractivity contribution is 0.0524. The number of nitrogens with zero attached hydrogens (tertiary/aromatic N) is 1. The van der Waals surface area contributed by atoms with Crippen LogP contribution < -0.4 is 11.0 Å². The lowest BCUT2D eigenvalue weighted by Crippen LogP contribution is -2.29. The standard InChI is InChI=1S/C23H19NO5/c1-2-28-23(27)18-14-17-20(25)16-10-6-7-11-19(16)29-22(17)24(21(18)26)13-12-15-8-4-3-5-9-15/h3-11,14H,2,12-13H2,1H3. The van der Waals surface area contributed by atoms with E-state index in [0.29, 0.717) is 17.4 Å². The Hall–Kier alpha value is -3.67. The molecule has 0 aliphatic carbocycles. The third-order valence-electron chi connectivity index (χ3n) is 4.78. The first-order valence-electron chi connectivity index (χ1n) is 9.40. The van der Waals surface area contributed by atoms with Crippen molar-refractivity contribution in [2.24, 2.45) is 0 Å². The summed E-state index contributed by atoms with van der Waals surface area (Å²) in [5, 5.41) is 0.572. The first-order chi connectivity index (χ1) is 14.1. The Bertz CT molecular complexity index is 1320. The molecule has 6 heteroatoms. The minimum absolute atomic E-state index is 0.132. The minimum atomic E-state index is -0.750. The highest BCUT2D eigenvalue weighted by atomic mass is 16.5. The largest absolute Gasteiger partial charge is 0.462 e. The summed E-state index contributed by atoms with van der Waals surface area (Å²) in [4.78, 5) is 38.4. The highest BCUT2D eigenvalue weighted by Gasteiger charge is 2.20. The number of carbonyl (C=O) groups excluding carboxylic acids is 1. The summed E-state index contributed by atoms with van der Waals surface area (Å²) in [6.45, 7) is 2.05. The van der Waals surface area contributed by atoms with Crippen LogP contribution in [0.25, 0.3) is 22.1 Å². The van der Waals surface area contributed by atoms with Crippen LogP contribution in [-0.2, 0) is 17.7 Å². The lowest BCUT2D eigenvalue weighted by atomic mass is 10.1. The third-order valence-corrected chi connectivity index (χ3v) is 4.78. The van der Waals surface area contributed by atoms with Gasteiger partial charge < -0.3 is 9.15 Å². The first kappa shape index (κ1) is 18.7. The summed E-state index contributed by atoms with van der Waals surface area (Å²) in [5.74, 6) is -0.750. The van der Waals surface area contributed by atoms with Crippen molar-refractivity contribution in [1.29, 1.82) is 0 Å². The maximum absolute atomic E-state index is 13.1. The van der Waals surface area contributed by atoms with Crippen LogP contribution in [-0.4, -0.2) is 17.1 Å². The molecule has 0 saturated heterocycles. The summed E-state index contributed by atoms with van der Waals surface area (Å²) in [5.41, 5.74) is 0.572. The van der Waals surface area contributed by atoms with E-state index in [9.17, 15) is 14.4 Å². The van der Waals surface area contributed by atoms with Crippen molar-refractivity contribution in [2.45, 2.75) is 19.9 Å². The van der Waals surface area contributed by atoms with Crippen LogP contribution in [0.3, 0.4) is 0 Å². The molecular formula is C23H19NO5. The second-order valence-electron chi connectivity index (χ2n) is 6.62. The zero-order chi connectivity index (χ0) is 20.4. The van der Waals surface area contributed by atoms with Crippen LogP contribution in [0.2, 0.25) is 0 Å². The smallest absolute Gasteiger partial charge is 0.343 e. The molecular weight excluding hydrogens is 370 g/mol. The Kier molecular flexibility index (Phi) is 4.99. The number of para-hydroxylation sites is 1. The third kappa shape index (κ3) is 3.45. The highest BCUT2D eigenvalue weighted by Crippen LogP contribution is 2.19. The Labute approximate surface area is 166 Å². The van der Waals surface area contributed by atoms with Crippen LogP contribution in [0.4, 0.5) is 0 Å². The number of esters is 1. The molecule has 6 nitrogen and oxygen atoms in total. The van der Waals surface area contributed by atoms with Gasteiger partial charge in [0.05, 0.1) is 17.4 Å². The summed E-state index contributed by atoms with van der Waals surface area (Å²) < 4.78 is 12.3. The number of hydrogen-bond donors (Lipinski definition) is 0. The molecule has 0 saturated carbocycles. The van der Waals surface area contributed by atoms with Crippen LogP contribution >= 0.6 is 0 Å². The van der Waals surface area contributed by atoms with Gasteiger partial charge in [-0.1, -0.05) is 42.5 Å². The molecule has 0 amide bonds. The van der Waals surface area contributed by atoms with Gasteiger partial charge in [-0.3, -0.25) is 14.2 Å². The molecule has 4 rings (SSSR count). The van der Waals surface area contributed by atoms with E-state index >= 15 is 0 Å². The number of aromatic nitrogens is 1. The van der Waals surface area contributed by atoms with Crippen molar-refractivity contribution in [3.05, 3.63) is 92.4 Å². The van der Waals surface area contributed by atoms with E-state index in [1.54, 1.807) is 31.2 Å². The van der Waals surface area contributed by atoms with Crippen molar-refractivity contribution in [2.75, 3.05) is 6.61 Å². The molecule has 0 fully saturated rings. The second kappa shape index (κ2) is 7.75. The number of aryl methyl sites for hydroxylation is 2. The summed E-state index contributed by atoms with van der Waals surface area (Å²) in [7, 11) is 0. The molecule has 2 aromatic heterocycles. The van der Waals surface area contributed by atoms with Gasteiger partial charge in [-0.2, -0.15) is 0 Å². The van der Waals surface area contributed by atoms with E-state index in [0.717, 1.165) is 5.56 Å². The molecule has 0 bridgehead atoms. The maximum atomic E-state index is 13.1. The van der Waals surface area contributed by atoms with Crippen LogP contribution in [0.15, 0.2) is 74.7 Å². The molecule has 0 aliphatic heterocycles. The Morgan fingerprint density at radius 3 is 2.48 bits per heavy atom. The van der Waals surface area contributed by atoms with Gasteiger partial charge in [-0.25, -0.2) is 4.79 Å². The van der Waals surface area contributed by atoms with Crippen molar-refractivity contribution >= 4 is 28.0 Å². The average Bonchev–Trinajstić information content (AvgIpc) is 2.74. The summed E-state index contributed by atoms with van der Waals surface area (Å²) in [6, 6.07) is 17.8. The minimum Gasteiger partial charge on any atom is -0.462 e. The molecule has 0 N–H and O–H groups in total. The topological polar surface area (TPSA) is 78.5 Å². The van der Waals surface area contributed by atoms with Gasteiger partial charge in [0, 0.05) is 6.54 Å². The number of carbonyl (C=O) groups is 1. The highest BCUT2D eigenvalue weighted by molar-refractivity contribution is 5.95. The molecule has 0 radical (unpaired) electrons. The van der Waals surface area contributed by atoms with Gasteiger partial charge >= 0.3 is 5.97 Å². The molecule has 0 atom stereocenters. The molecule has 29 heavy (non-hydrogen) atoms. The molecule has 0 spiro atoms. The predicted octanol–water partition coefficient (Wildman–Crippen LogP) is 3.53. The van der Waals surface area contributed by atoms with Crippen LogP contribution in [0, 0.1) is 0 Å². The van der Waals surface area contributed by atoms with Gasteiger partial charge in [0.25, 0.3) is 5.56 Å². The zero-order valence-electron chi connectivity index (χ0n) is 15.9. The van der Waals surface area contributed by atoms with E-state index in [-0.39, 0.29) is 35.2 Å². The number of rotatable bonds is 5. The predicted molar refractivity (Wildman–Crippen MR) is 110 cm³/mol. The summed E-state index contributed by atoms with van der Waals surface area (Å²) >= 11 is 0. The van der Waals surface area contributed by atoms with E-state index in [4.69, 9.17) is 9.15 Å². The monoisotopic (exact) mass is 389 g/mol. The molecule has 2 aromatic carbocycles. The Morgan fingerprint density at radius 1 is 1.00 bits per heavy atom. The van der Waals surface area contributed by atoms with E-state index in [1.807, 2.05) is 30.3 Å². The van der Waals surface area contributed by atoms with Gasteiger partial charge in [-0.15, -0.1) is 0 Å². The number of benzene rings is 2. The first-order valence-corrected chi connectivity index (χ1v) is 9.40. The van der Waals surface area contributed by atoms with Crippen molar-refractivity contribution < 1.29 is 13.9 Å². The molecule has 4 aromatic rings. The summed E-state index contributed by atoms with van der Waals surface area (Å²) in [6.07, 6.45) is 0.540. The fourth-order valence-electron chi connectivity index (χ4n) is 3.36. The van der Waals surface area contributed by atoms with Crippen LogP contribution in [0.5, 0.6) is 0 Å². The second-order valence-corrected chi connectivity index (χ2v) is 6.62. The fraction of sp³-hybridized carbons (Fsp3) is 0.174. The molecule has 2 heterocycles. The molecule has 0 unspecified atom stereocenters. The van der Waals surface area contributed by atoms with Crippen molar-refractivity contribution in [3.63, 3.8) is 0 Å². The van der Waals surface area contributed by atoms with E-state index in [1.165, 1.54) is 10.6 Å². The Balaban J connectivity index is 1.96. The van der Waals surface area contributed by atoms with Gasteiger partial charge in [0.2, 0.25) is 11.1 Å². The van der Waals surface area contributed by atoms with Gasteiger partial charge in [0.15, 0.2) is 0 Å². The lowest BCUT2D eigenvalue weighted by Gasteiger charge is -2.12. The number of hydrogen-bond acceptors (Lipinski definition) is 5. The number of ether oxygens (including phenoxy) is 1. The normalized spacial score (nSPS) is 11.1. The van der Waals surface area contributed by atoms with Crippen molar-refractivity contribution in [3.8, 4) is 0 Å². The van der Waals surface area contributed by atoms with Crippen LogP contribution in [0.1, 0.15) is 22.8 Å². The van der Waals surface area contributed by atoms with Crippen molar-refractivity contribution in [1.82, 2.24) is 4.57 Å². The maximum Gasteiger partial charge on any atom is 0.343 e. The SMILES string of the molecule is CCOC(=O)c1cc2c(=O)c3ccccc3oc2n(CCc2ccccc2)c1=O. The van der Waals surface area contributed by atoms with E-state index in [2.05, 4.69) is 0 Å². The number of fused-ring (bicyclic) bond motifs is 2. The van der Waals surface area contributed by atoms with E-state index < -0.39 is 11.5 Å².